The number of furan rings is 1. The molecular weight excluding hydrogens is 410 g/mol. The van der Waals surface area contributed by atoms with E-state index in [9.17, 15) is 5.11 Å². The number of halogens is 1. The Morgan fingerprint density at radius 1 is 1.14 bits per heavy atom. The third kappa shape index (κ3) is 3.42. The largest absolute Gasteiger partial charge is 0.492 e. The summed E-state index contributed by atoms with van der Waals surface area (Å²) >= 11 is 7.56. The first-order valence-corrected chi connectivity index (χ1v) is 10.6. The molecule has 3 aromatic heterocycles. The van der Waals surface area contributed by atoms with Crippen LogP contribution in [-0.4, -0.2) is 62.7 Å². The zero-order valence-corrected chi connectivity index (χ0v) is 17.4. The molecule has 4 heterocycles. The zero-order valence-electron chi connectivity index (χ0n) is 15.8. The molecule has 1 aliphatic rings. The molecule has 0 amide bonds. The van der Waals surface area contributed by atoms with Crippen molar-refractivity contribution < 1.29 is 9.52 Å². The fourth-order valence-corrected chi connectivity index (χ4v) is 4.93. The fraction of sp³-hybridized carbons (Fsp3) is 0.300. The van der Waals surface area contributed by atoms with Gasteiger partial charge in [0.25, 0.3) is 0 Å². The van der Waals surface area contributed by atoms with Crippen molar-refractivity contribution in [3.05, 3.63) is 58.1 Å². The molecule has 1 N–H and O–H groups in total. The third-order valence-electron chi connectivity index (χ3n) is 5.28. The number of rotatable bonds is 4. The lowest BCUT2D eigenvalue weighted by atomic mass is 10.0. The summed E-state index contributed by atoms with van der Waals surface area (Å²) in [7, 11) is 2.13. The van der Waals surface area contributed by atoms with Crippen LogP contribution in [0.4, 0.5) is 0 Å². The van der Waals surface area contributed by atoms with E-state index in [4.69, 9.17) is 16.0 Å². The van der Waals surface area contributed by atoms with Gasteiger partial charge >= 0.3 is 0 Å². The van der Waals surface area contributed by atoms with Crippen molar-refractivity contribution in [3.63, 3.8) is 0 Å². The van der Waals surface area contributed by atoms with Crippen molar-refractivity contribution >= 4 is 27.9 Å². The average molecular weight is 430 g/mol. The Bertz CT molecular complexity index is 1110. The summed E-state index contributed by atoms with van der Waals surface area (Å²) < 4.78 is 6.88. The lowest BCUT2D eigenvalue weighted by molar-refractivity contribution is 0.127. The van der Waals surface area contributed by atoms with E-state index in [1.54, 1.807) is 18.4 Å². The first-order chi connectivity index (χ1) is 14.1. The Kier molecular flexibility index (Phi) is 4.79. The van der Waals surface area contributed by atoms with Gasteiger partial charge in [-0.3, -0.25) is 4.90 Å². The number of hydrogen-bond donors (Lipinski definition) is 1. The highest BCUT2D eigenvalue weighted by atomic mass is 35.5. The Hall–Kier alpha value is -2.39. The predicted molar refractivity (Wildman–Crippen MR) is 113 cm³/mol. The van der Waals surface area contributed by atoms with Gasteiger partial charge in [-0.1, -0.05) is 35.1 Å². The number of likely N-dealkylation sites (N-methyl/N-ethyl adjacent to an activating group) is 1. The van der Waals surface area contributed by atoms with Crippen molar-refractivity contribution in [2.45, 2.75) is 6.04 Å². The number of aromatic hydroxyl groups is 1. The maximum atomic E-state index is 11.0. The molecule has 1 aliphatic heterocycles. The SMILES string of the molecule is CN1CCN([C@H](c2ccc(Cl)cc2)c2sc3nc(-c4ccco4)nn3c2O)CC1. The van der Waals surface area contributed by atoms with Crippen LogP contribution in [0, 0.1) is 0 Å². The third-order valence-corrected chi connectivity index (χ3v) is 6.60. The van der Waals surface area contributed by atoms with Gasteiger partial charge in [0.15, 0.2) is 5.76 Å². The summed E-state index contributed by atoms with van der Waals surface area (Å²) in [5, 5.41) is 16.2. The summed E-state index contributed by atoms with van der Waals surface area (Å²) in [5.74, 6) is 1.16. The summed E-state index contributed by atoms with van der Waals surface area (Å²) in [6.07, 6.45) is 1.58. The van der Waals surface area contributed by atoms with Gasteiger partial charge in [-0.05, 0) is 36.9 Å². The van der Waals surface area contributed by atoms with Crippen LogP contribution in [-0.2, 0) is 0 Å². The first-order valence-electron chi connectivity index (χ1n) is 9.40. The van der Waals surface area contributed by atoms with Crippen LogP contribution in [0.2, 0.25) is 5.02 Å². The van der Waals surface area contributed by atoms with Crippen molar-refractivity contribution in [1.29, 1.82) is 0 Å². The highest BCUT2D eigenvalue weighted by Gasteiger charge is 2.31. The average Bonchev–Trinajstić information content (AvgIpc) is 3.44. The number of nitrogens with zero attached hydrogens (tertiary/aromatic N) is 5. The molecule has 1 aromatic carbocycles. The lowest BCUT2D eigenvalue weighted by Crippen LogP contribution is -2.46. The maximum Gasteiger partial charge on any atom is 0.230 e. The number of thiazole rings is 1. The molecule has 0 bridgehead atoms. The predicted octanol–water partition coefficient (Wildman–Crippen LogP) is 3.75. The second kappa shape index (κ2) is 7.46. The van der Waals surface area contributed by atoms with E-state index in [1.165, 1.54) is 15.9 Å². The van der Waals surface area contributed by atoms with Gasteiger partial charge in [-0.15, -0.1) is 5.10 Å². The van der Waals surface area contributed by atoms with Crippen LogP contribution in [0.1, 0.15) is 16.5 Å². The first kappa shape index (κ1) is 18.6. The highest BCUT2D eigenvalue weighted by molar-refractivity contribution is 7.17. The number of fused-ring (bicyclic) bond motifs is 1. The summed E-state index contributed by atoms with van der Waals surface area (Å²) in [6.45, 7) is 3.78. The van der Waals surface area contributed by atoms with Crippen LogP contribution >= 0.6 is 22.9 Å². The molecule has 0 spiro atoms. The van der Waals surface area contributed by atoms with E-state index in [0.29, 0.717) is 21.6 Å². The van der Waals surface area contributed by atoms with Crippen LogP contribution in [0.25, 0.3) is 16.5 Å². The van der Waals surface area contributed by atoms with Crippen molar-refractivity contribution in [2.24, 2.45) is 0 Å². The minimum Gasteiger partial charge on any atom is -0.492 e. The van der Waals surface area contributed by atoms with Gasteiger partial charge < -0.3 is 14.4 Å². The Balaban J connectivity index is 1.57. The monoisotopic (exact) mass is 429 g/mol. The summed E-state index contributed by atoms with van der Waals surface area (Å²) in [6, 6.07) is 11.3. The smallest absolute Gasteiger partial charge is 0.230 e. The molecule has 5 rings (SSSR count). The molecule has 7 nitrogen and oxygen atoms in total. The molecule has 29 heavy (non-hydrogen) atoms. The molecular formula is C20H20ClN5O2S. The van der Waals surface area contributed by atoms with E-state index in [-0.39, 0.29) is 11.9 Å². The van der Waals surface area contributed by atoms with Gasteiger partial charge in [0.2, 0.25) is 16.7 Å². The molecule has 0 radical (unpaired) electrons. The highest BCUT2D eigenvalue weighted by Crippen LogP contribution is 2.41. The summed E-state index contributed by atoms with van der Waals surface area (Å²) in [5.41, 5.74) is 1.09. The van der Waals surface area contributed by atoms with E-state index >= 15 is 0 Å². The number of hydrogen-bond acceptors (Lipinski definition) is 7. The van der Waals surface area contributed by atoms with Crippen molar-refractivity contribution in [3.8, 4) is 17.5 Å². The Morgan fingerprint density at radius 2 is 1.90 bits per heavy atom. The Morgan fingerprint density at radius 3 is 2.55 bits per heavy atom. The minimum atomic E-state index is -0.0819. The van der Waals surface area contributed by atoms with Crippen molar-refractivity contribution in [1.82, 2.24) is 24.4 Å². The van der Waals surface area contributed by atoms with Crippen LogP contribution < -0.4 is 0 Å². The zero-order chi connectivity index (χ0) is 20.0. The maximum absolute atomic E-state index is 11.0. The van der Waals surface area contributed by atoms with Crippen LogP contribution in [0.5, 0.6) is 5.88 Å². The number of piperazine rings is 1. The molecule has 0 saturated carbocycles. The van der Waals surface area contributed by atoms with Gasteiger partial charge in [0.1, 0.15) is 0 Å². The quantitative estimate of drug-likeness (QED) is 0.532. The molecule has 1 saturated heterocycles. The van der Waals surface area contributed by atoms with Gasteiger partial charge in [0.05, 0.1) is 17.2 Å². The fourth-order valence-electron chi connectivity index (χ4n) is 3.69. The van der Waals surface area contributed by atoms with E-state index in [2.05, 4.69) is 26.9 Å². The van der Waals surface area contributed by atoms with Gasteiger partial charge in [0, 0.05) is 31.2 Å². The summed E-state index contributed by atoms with van der Waals surface area (Å²) in [4.78, 5) is 10.7. The van der Waals surface area contributed by atoms with Crippen LogP contribution in [0.3, 0.4) is 0 Å². The molecule has 150 valence electrons. The van der Waals surface area contributed by atoms with E-state index in [0.717, 1.165) is 36.6 Å². The topological polar surface area (TPSA) is 70.0 Å². The standard InChI is InChI=1S/C20H20ClN5O2S/c1-24-8-10-25(11-9-24)16(13-4-6-14(21)7-5-13)17-19(27)26-20(29-17)22-18(23-26)15-3-2-12-28-15/h2-7,12,16,27H,8-11H2,1H3/t16-/m1/s1. The van der Waals surface area contributed by atoms with Crippen LogP contribution in [0.15, 0.2) is 47.1 Å². The molecule has 1 fully saturated rings. The van der Waals surface area contributed by atoms with E-state index < -0.39 is 0 Å². The number of benzene rings is 1. The molecule has 1 atom stereocenters. The minimum absolute atomic E-state index is 0.0819. The van der Waals surface area contributed by atoms with Crippen molar-refractivity contribution in [2.75, 3.05) is 33.2 Å². The van der Waals surface area contributed by atoms with E-state index in [1.807, 2.05) is 24.3 Å². The molecule has 4 aromatic rings. The molecule has 9 heteroatoms. The second-order valence-corrected chi connectivity index (χ2v) is 8.64. The second-order valence-electron chi connectivity index (χ2n) is 7.19. The van der Waals surface area contributed by atoms with Gasteiger partial charge in [-0.2, -0.15) is 9.50 Å². The molecule has 0 unspecified atom stereocenters. The molecule has 0 aliphatic carbocycles. The normalized spacial score (nSPS) is 17.2. The number of aromatic nitrogens is 3. The Labute approximate surface area is 176 Å². The lowest BCUT2D eigenvalue weighted by Gasteiger charge is -2.37. The van der Waals surface area contributed by atoms with Gasteiger partial charge in [-0.25, -0.2) is 0 Å².